The molecule has 0 spiro atoms. The number of carbonyl (C=O) groups excluding carboxylic acids is 2. The summed E-state index contributed by atoms with van der Waals surface area (Å²) in [6.07, 6.45) is 1.45. The summed E-state index contributed by atoms with van der Waals surface area (Å²) >= 11 is 3.33. The molecule has 0 radical (unpaired) electrons. The van der Waals surface area contributed by atoms with Crippen molar-refractivity contribution in [2.24, 2.45) is 5.10 Å². The molecule has 0 bridgehead atoms. The van der Waals surface area contributed by atoms with Gasteiger partial charge in [0, 0.05) is 4.47 Å². The van der Waals surface area contributed by atoms with Gasteiger partial charge in [-0.25, -0.2) is 10.2 Å². The number of aryl methyl sites for hydroxylation is 1. The third kappa shape index (κ3) is 6.42. The van der Waals surface area contributed by atoms with Crippen LogP contribution in [-0.2, 0) is 4.79 Å². The van der Waals surface area contributed by atoms with Crippen molar-refractivity contribution in [2.75, 3.05) is 13.7 Å². The Labute approximate surface area is 194 Å². The van der Waals surface area contributed by atoms with Gasteiger partial charge < -0.3 is 14.2 Å². The van der Waals surface area contributed by atoms with E-state index in [0.29, 0.717) is 22.6 Å². The van der Waals surface area contributed by atoms with Crippen LogP contribution in [0.25, 0.3) is 0 Å². The van der Waals surface area contributed by atoms with Gasteiger partial charge in [-0.1, -0.05) is 34.1 Å². The minimum Gasteiger partial charge on any atom is -0.493 e. The first-order valence-electron chi connectivity index (χ1n) is 9.62. The van der Waals surface area contributed by atoms with E-state index in [0.717, 1.165) is 10.0 Å². The van der Waals surface area contributed by atoms with Crippen LogP contribution < -0.4 is 19.6 Å². The number of methoxy groups -OCH3 is 1. The molecule has 7 nitrogen and oxygen atoms in total. The summed E-state index contributed by atoms with van der Waals surface area (Å²) in [4.78, 5) is 24.3. The van der Waals surface area contributed by atoms with Crippen molar-refractivity contribution in [1.29, 1.82) is 0 Å². The van der Waals surface area contributed by atoms with Gasteiger partial charge in [0.15, 0.2) is 18.1 Å². The monoisotopic (exact) mass is 496 g/mol. The third-order valence-corrected chi connectivity index (χ3v) is 4.85. The molecule has 1 amide bonds. The number of esters is 1. The first kappa shape index (κ1) is 23.0. The maximum atomic E-state index is 12.3. The van der Waals surface area contributed by atoms with E-state index < -0.39 is 11.9 Å². The van der Waals surface area contributed by atoms with Crippen molar-refractivity contribution in [3.63, 3.8) is 0 Å². The van der Waals surface area contributed by atoms with Crippen LogP contribution in [0, 0.1) is 6.92 Å². The van der Waals surface area contributed by atoms with Crippen LogP contribution in [0.2, 0.25) is 0 Å². The molecule has 3 rings (SSSR count). The number of ether oxygens (including phenoxy) is 3. The molecular weight excluding hydrogens is 476 g/mol. The molecule has 8 heteroatoms. The highest BCUT2D eigenvalue weighted by Crippen LogP contribution is 2.28. The maximum absolute atomic E-state index is 12.3. The minimum atomic E-state index is -0.502. The summed E-state index contributed by atoms with van der Waals surface area (Å²) in [6, 6.07) is 19.2. The predicted molar refractivity (Wildman–Crippen MR) is 125 cm³/mol. The second-order valence-electron chi connectivity index (χ2n) is 6.65. The summed E-state index contributed by atoms with van der Waals surface area (Å²) < 4.78 is 17.1. The Balaban J connectivity index is 1.57. The van der Waals surface area contributed by atoms with Crippen LogP contribution in [0.1, 0.15) is 21.5 Å². The molecule has 1 N–H and O–H groups in total. The summed E-state index contributed by atoms with van der Waals surface area (Å²) in [5, 5.41) is 3.93. The standard InChI is InChI=1S/C24H21BrN2O5/c1-16-5-3-4-6-20(16)31-15-23(28)27-26-14-17-7-12-21(22(13-17)30-2)32-24(29)18-8-10-19(25)11-9-18/h3-14H,15H2,1-2H3,(H,27,28). The van der Waals surface area contributed by atoms with Crippen LogP contribution >= 0.6 is 15.9 Å². The lowest BCUT2D eigenvalue weighted by Crippen LogP contribution is -2.24. The summed E-state index contributed by atoms with van der Waals surface area (Å²) in [5.74, 6) is 0.376. The second kappa shape index (κ2) is 11.1. The molecule has 0 unspecified atom stereocenters. The highest BCUT2D eigenvalue weighted by Gasteiger charge is 2.13. The van der Waals surface area contributed by atoms with Gasteiger partial charge in [-0.3, -0.25) is 4.79 Å². The van der Waals surface area contributed by atoms with Crippen LogP contribution in [0.3, 0.4) is 0 Å². The van der Waals surface area contributed by atoms with Crippen molar-refractivity contribution >= 4 is 34.0 Å². The van der Waals surface area contributed by atoms with Crippen LogP contribution in [0.15, 0.2) is 76.3 Å². The van der Waals surface area contributed by atoms with E-state index in [1.54, 1.807) is 48.5 Å². The van der Waals surface area contributed by atoms with E-state index in [1.807, 2.05) is 25.1 Å². The second-order valence-corrected chi connectivity index (χ2v) is 7.57. The van der Waals surface area contributed by atoms with Crippen molar-refractivity contribution in [2.45, 2.75) is 6.92 Å². The molecule has 164 valence electrons. The van der Waals surface area contributed by atoms with Crippen LogP contribution in [-0.4, -0.2) is 31.8 Å². The van der Waals surface area contributed by atoms with Crippen molar-refractivity contribution < 1.29 is 23.8 Å². The number of hydrogen-bond acceptors (Lipinski definition) is 6. The average molecular weight is 497 g/mol. The van der Waals surface area contributed by atoms with Crippen molar-refractivity contribution in [3.8, 4) is 17.2 Å². The van der Waals surface area contributed by atoms with Gasteiger partial charge in [-0.15, -0.1) is 0 Å². The number of para-hydroxylation sites is 1. The Hall–Kier alpha value is -3.65. The zero-order valence-electron chi connectivity index (χ0n) is 17.5. The van der Waals surface area contributed by atoms with E-state index in [4.69, 9.17) is 14.2 Å². The Morgan fingerprint density at radius 2 is 1.75 bits per heavy atom. The lowest BCUT2D eigenvalue weighted by Gasteiger charge is -2.10. The number of nitrogens with one attached hydrogen (secondary N) is 1. The molecule has 0 saturated carbocycles. The maximum Gasteiger partial charge on any atom is 0.343 e. The van der Waals surface area contributed by atoms with E-state index >= 15 is 0 Å². The molecule has 0 aromatic heterocycles. The Morgan fingerprint density at radius 3 is 2.47 bits per heavy atom. The number of amides is 1. The minimum absolute atomic E-state index is 0.156. The average Bonchev–Trinajstić information content (AvgIpc) is 2.79. The van der Waals surface area contributed by atoms with Crippen LogP contribution in [0.5, 0.6) is 17.2 Å². The van der Waals surface area contributed by atoms with Gasteiger partial charge in [-0.05, 0) is 66.6 Å². The topological polar surface area (TPSA) is 86.2 Å². The molecule has 0 fully saturated rings. The number of benzene rings is 3. The first-order chi connectivity index (χ1) is 15.5. The van der Waals surface area contributed by atoms with E-state index in [1.165, 1.54) is 13.3 Å². The van der Waals surface area contributed by atoms with E-state index in [-0.39, 0.29) is 12.4 Å². The molecule has 0 aliphatic carbocycles. The first-order valence-corrected chi connectivity index (χ1v) is 10.4. The van der Waals surface area contributed by atoms with E-state index in [2.05, 4.69) is 26.5 Å². The molecule has 32 heavy (non-hydrogen) atoms. The number of nitrogens with zero attached hydrogens (tertiary/aromatic N) is 1. The van der Waals surface area contributed by atoms with Crippen molar-refractivity contribution in [3.05, 3.63) is 87.9 Å². The normalized spacial score (nSPS) is 10.6. The Morgan fingerprint density at radius 1 is 1.00 bits per heavy atom. The van der Waals surface area contributed by atoms with Gasteiger partial charge in [0.1, 0.15) is 5.75 Å². The largest absolute Gasteiger partial charge is 0.493 e. The van der Waals surface area contributed by atoms with Gasteiger partial charge in [-0.2, -0.15) is 5.10 Å². The molecule has 3 aromatic rings. The highest BCUT2D eigenvalue weighted by atomic mass is 79.9. The smallest absolute Gasteiger partial charge is 0.343 e. The fourth-order valence-corrected chi connectivity index (χ4v) is 2.93. The predicted octanol–water partition coefficient (Wildman–Crippen LogP) is 4.51. The number of carbonyl (C=O) groups is 2. The molecule has 0 aliphatic rings. The SMILES string of the molecule is COc1cc(C=NNC(=O)COc2ccccc2C)ccc1OC(=O)c1ccc(Br)cc1. The van der Waals surface area contributed by atoms with Crippen LogP contribution in [0.4, 0.5) is 0 Å². The van der Waals surface area contributed by atoms with Gasteiger partial charge in [0.2, 0.25) is 0 Å². The fourth-order valence-electron chi connectivity index (χ4n) is 2.67. The quantitative estimate of drug-likeness (QED) is 0.214. The third-order valence-electron chi connectivity index (χ3n) is 4.33. The number of hydrazone groups is 1. The summed E-state index contributed by atoms with van der Waals surface area (Å²) in [6.45, 7) is 1.75. The molecule has 0 saturated heterocycles. The molecule has 0 aliphatic heterocycles. The zero-order chi connectivity index (χ0) is 22.9. The molecular formula is C24H21BrN2O5. The molecule has 0 atom stereocenters. The lowest BCUT2D eigenvalue weighted by atomic mass is 10.2. The summed E-state index contributed by atoms with van der Waals surface area (Å²) in [7, 11) is 1.47. The molecule has 3 aromatic carbocycles. The Bertz CT molecular complexity index is 1130. The lowest BCUT2D eigenvalue weighted by molar-refractivity contribution is -0.123. The van der Waals surface area contributed by atoms with Gasteiger partial charge >= 0.3 is 5.97 Å². The van der Waals surface area contributed by atoms with E-state index in [9.17, 15) is 9.59 Å². The Kier molecular flexibility index (Phi) is 7.99. The number of hydrogen-bond donors (Lipinski definition) is 1. The number of halogens is 1. The molecule has 0 heterocycles. The van der Waals surface area contributed by atoms with Crippen molar-refractivity contribution in [1.82, 2.24) is 5.43 Å². The summed E-state index contributed by atoms with van der Waals surface area (Å²) in [5.41, 5.74) is 4.41. The highest BCUT2D eigenvalue weighted by molar-refractivity contribution is 9.10. The number of rotatable bonds is 8. The van der Waals surface area contributed by atoms with Gasteiger partial charge in [0.05, 0.1) is 18.9 Å². The zero-order valence-corrected chi connectivity index (χ0v) is 19.1. The fraction of sp³-hybridized carbons (Fsp3) is 0.125. The van der Waals surface area contributed by atoms with Gasteiger partial charge in [0.25, 0.3) is 5.91 Å².